The van der Waals surface area contributed by atoms with E-state index >= 15 is 0 Å². The van der Waals surface area contributed by atoms with Crippen LogP contribution in [0.4, 0.5) is 23.1 Å². The van der Waals surface area contributed by atoms with Crippen molar-refractivity contribution in [2.75, 3.05) is 50.6 Å². The fourth-order valence-electron chi connectivity index (χ4n) is 3.65. The molecule has 0 radical (unpaired) electrons. The topological polar surface area (TPSA) is 142 Å². The summed E-state index contributed by atoms with van der Waals surface area (Å²) in [5, 5.41) is 22.0. The van der Waals surface area contributed by atoms with Crippen molar-refractivity contribution in [1.82, 2.24) is 25.1 Å². The van der Waals surface area contributed by atoms with Gasteiger partial charge < -0.3 is 19.9 Å². The largest absolute Gasteiger partial charge is 0.465 e. The molecule has 2 aromatic heterocycles. The number of piperazine rings is 1. The van der Waals surface area contributed by atoms with Gasteiger partial charge in [0.2, 0.25) is 11.6 Å². The Labute approximate surface area is 201 Å². The number of aromatic nitrogens is 4. The van der Waals surface area contributed by atoms with Crippen LogP contribution in [0.5, 0.6) is 0 Å². The number of anilines is 3. The summed E-state index contributed by atoms with van der Waals surface area (Å²) in [6.07, 6.45) is 3.45. The third-order valence-corrected chi connectivity index (χ3v) is 5.58. The van der Waals surface area contributed by atoms with E-state index in [1.54, 1.807) is 42.5 Å². The highest BCUT2D eigenvalue weighted by Crippen LogP contribution is 2.35. The third-order valence-electron chi connectivity index (χ3n) is 5.58. The number of nitro groups is 1. The van der Waals surface area contributed by atoms with Gasteiger partial charge in [-0.25, -0.2) is 14.8 Å². The van der Waals surface area contributed by atoms with Gasteiger partial charge in [-0.15, -0.1) is 0 Å². The van der Waals surface area contributed by atoms with E-state index in [0.29, 0.717) is 30.3 Å². The fourth-order valence-corrected chi connectivity index (χ4v) is 3.65. The molecule has 1 aliphatic heterocycles. The zero-order chi connectivity index (χ0) is 24.9. The van der Waals surface area contributed by atoms with Gasteiger partial charge in [-0.3, -0.25) is 15.2 Å². The number of hydrogen-bond donors (Lipinski definition) is 2. The van der Waals surface area contributed by atoms with Crippen molar-refractivity contribution in [2.24, 2.45) is 0 Å². The van der Waals surface area contributed by atoms with E-state index in [-0.39, 0.29) is 17.3 Å². The average Bonchev–Trinajstić information content (AvgIpc) is 3.26. The summed E-state index contributed by atoms with van der Waals surface area (Å²) in [6.45, 7) is 4.57. The zero-order valence-corrected chi connectivity index (χ0v) is 19.7. The Morgan fingerprint density at radius 3 is 2.49 bits per heavy atom. The number of hydrogen-bond acceptors (Lipinski definition) is 10. The number of methoxy groups -OCH3 is 1. The molecule has 1 aromatic carbocycles. The lowest BCUT2D eigenvalue weighted by atomic mass is 10.1. The minimum atomic E-state index is -0.464. The number of H-pyrrole nitrogens is 1. The molecular weight excluding hydrogens is 452 g/mol. The first-order chi connectivity index (χ1) is 16.8. The van der Waals surface area contributed by atoms with Crippen LogP contribution in [0.1, 0.15) is 27.4 Å². The lowest BCUT2D eigenvalue weighted by molar-refractivity contribution is -0.383. The second kappa shape index (κ2) is 10.3. The predicted octanol–water partition coefficient (Wildman–Crippen LogP) is 2.87. The molecular formula is C23H26N8O4. The van der Waals surface area contributed by atoms with E-state index in [1.165, 1.54) is 7.11 Å². The van der Waals surface area contributed by atoms with Crippen LogP contribution in [-0.2, 0) is 4.74 Å². The Kier molecular flexibility index (Phi) is 7.01. The number of rotatable bonds is 7. The van der Waals surface area contributed by atoms with E-state index in [0.717, 1.165) is 24.3 Å². The minimum Gasteiger partial charge on any atom is -0.465 e. The van der Waals surface area contributed by atoms with Crippen LogP contribution in [0.15, 0.2) is 30.3 Å². The Bertz CT molecular complexity index is 1250. The van der Waals surface area contributed by atoms with E-state index < -0.39 is 10.9 Å². The van der Waals surface area contributed by atoms with Crippen molar-refractivity contribution in [2.45, 2.75) is 6.92 Å². The summed E-state index contributed by atoms with van der Waals surface area (Å²) < 4.78 is 4.72. The number of nitrogens with zero attached hydrogens (tertiary/aromatic N) is 6. The molecule has 3 heterocycles. The standard InChI is InChI=1S/C23H26N8O4/c1-15-14-19(28-27-15)25-21-20(31(33)34)22(30-12-10-29(2)11-13-30)26-18(24-21)9-6-16-4-7-17(8-5-16)23(32)35-3/h4-9,14H,10-13H2,1-3H3,(H2,24,25,26,27,28). The quantitative estimate of drug-likeness (QED) is 0.296. The number of aromatic amines is 1. The van der Waals surface area contributed by atoms with Crippen LogP contribution in [0.3, 0.4) is 0 Å². The summed E-state index contributed by atoms with van der Waals surface area (Å²) in [5.74, 6) is 0.623. The third kappa shape index (κ3) is 5.61. The first-order valence-electron chi connectivity index (χ1n) is 11.0. The van der Waals surface area contributed by atoms with Gasteiger partial charge in [0.25, 0.3) is 0 Å². The summed E-state index contributed by atoms with van der Waals surface area (Å²) in [5.41, 5.74) is 1.85. The Balaban J connectivity index is 1.72. The molecule has 35 heavy (non-hydrogen) atoms. The fraction of sp³-hybridized carbons (Fsp3) is 0.304. The second-order valence-electron chi connectivity index (χ2n) is 8.16. The molecule has 0 bridgehead atoms. The summed E-state index contributed by atoms with van der Waals surface area (Å²) in [6, 6.07) is 8.58. The van der Waals surface area contributed by atoms with Crippen molar-refractivity contribution in [3.05, 3.63) is 63.1 Å². The van der Waals surface area contributed by atoms with E-state index in [2.05, 4.69) is 30.4 Å². The van der Waals surface area contributed by atoms with Crippen molar-refractivity contribution in [3.63, 3.8) is 0 Å². The normalized spacial score (nSPS) is 14.3. The number of aryl methyl sites for hydroxylation is 1. The van der Waals surface area contributed by atoms with Crippen LogP contribution < -0.4 is 10.2 Å². The van der Waals surface area contributed by atoms with Crippen LogP contribution in [0, 0.1) is 17.0 Å². The maximum atomic E-state index is 12.1. The van der Waals surface area contributed by atoms with E-state index in [1.807, 2.05) is 18.9 Å². The lowest BCUT2D eigenvalue weighted by Gasteiger charge is -2.33. The molecule has 12 nitrogen and oxygen atoms in total. The van der Waals surface area contributed by atoms with Crippen molar-refractivity contribution in [1.29, 1.82) is 0 Å². The van der Waals surface area contributed by atoms with Gasteiger partial charge in [-0.2, -0.15) is 5.10 Å². The number of carbonyl (C=O) groups excluding carboxylic acids is 1. The van der Waals surface area contributed by atoms with Crippen molar-refractivity contribution in [3.8, 4) is 0 Å². The van der Waals surface area contributed by atoms with Gasteiger partial charge in [0.15, 0.2) is 11.6 Å². The van der Waals surface area contributed by atoms with Gasteiger partial charge in [-0.05, 0) is 37.7 Å². The lowest BCUT2D eigenvalue weighted by Crippen LogP contribution is -2.45. The molecule has 2 N–H and O–H groups in total. The monoisotopic (exact) mass is 478 g/mol. The molecule has 182 valence electrons. The molecule has 0 unspecified atom stereocenters. The number of esters is 1. The molecule has 0 spiro atoms. The first kappa shape index (κ1) is 23.8. The highest BCUT2D eigenvalue weighted by atomic mass is 16.6. The summed E-state index contributed by atoms with van der Waals surface area (Å²) in [7, 11) is 3.34. The zero-order valence-electron chi connectivity index (χ0n) is 19.7. The molecule has 4 rings (SSSR count). The number of carbonyl (C=O) groups is 1. The smallest absolute Gasteiger partial charge is 0.353 e. The molecule has 0 aliphatic carbocycles. The highest BCUT2D eigenvalue weighted by molar-refractivity contribution is 5.89. The van der Waals surface area contributed by atoms with Crippen LogP contribution in [-0.4, -0.2) is 76.3 Å². The van der Waals surface area contributed by atoms with Gasteiger partial charge in [-0.1, -0.05) is 18.2 Å². The van der Waals surface area contributed by atoms with Crippen molar-refractivity contribution < 1.29 is 14.5 Å². The summed E-state index contributed by atoms with van der Waals surface area (Å²) >= 11 is 0. The van der Waals surface area contributed by atoms with Gasteiger partial charge in [0.05, 0.1) is 17.6 Å². The molecule has 12 heteroatoms. The second-order valence-corrected chi connectivity index (χ2v) is 8.16. The highest BCUT2D eigenvalue weighted by Gasteiger charge is 2.30. The first-order valence-corrected chi connectivity index (χ1v) is 11.0. The maximum absolute atomic E-state index is 12.1. The molecule has 3 aromatic rings. The Hall–Kier alpha value is -4.32. The predicted molar refractivity (Wildman–Crippen MR) is 132 cm³/mol. The number of nitrogens with one attached hydrogen (secondary N) is 2. The van der Waals surface area contributed by atoms with Gasteiger partial charge >= 0.3 is 11.7 Å². The maximum Gasteiger partial charge on any atom is 0.353 e. The summed E-state index contributed by atoms with van der Waals surface area (Å²) in [4.78, 5) is 36.3. The van der Waals surface area contributed by atoms with Crippen LogP contribution in [0.2, 0.25) is 0 Å². The minimum absolute atomic E-state index is 0.0612. The van der Waals surface area contributed by atoms with Gasteiger partial charge in [0.1, 0.15) is 0 Å². The Morgan fingerprint density at radius 1 is 1.17 bits per heavy atom. The van der Waals surface area contributed by atoms with Gasteiger partial charge in [0, 0.05) is 37.9 Å². The molecule has 1 fully saturated rings. The number of likely N-dealkylation sites (N-methyl/N-ethyl adjacent to an activating group) is 1. The molecule has 1 saturated heterocycles. The Morgan fingerprint density at radius 2 is 1.89 bits per heavy atom. The van der Waals surface area contributed by atoms with E-state index in [9.17, 15) is 14.9 Å². The molecule has 1 aliphatic rings. The number of benzene rings is 1. The SMILES string of the molecule is COC(=O)c1ccc(C=Cc2nc(Nc3cc(C)[nH]n3)c([N+](=O)[O-])c(N3CCN(C)CC3)n2)cc1. The molecule has 0 atom stereocenters. The average molecular weight is 479 g/mol. The number of ether oxygens (including phenoxy) is 1. The van der Waals surface area contributed by atoms with Crippen LogP contribution in [0.25, 0.3) is 12.2 Å². The molecule has 0 saturated carbocycles. The van der Waals surface area contributed by atoms with Crippen molar-refractivity contribution >= 4 is 41.3 Å². The van der Waals surface area contributed by atoms with Crippen LogP contribution >= 0.6 is 0 Å². The van der Waals surface area contributed by atoms with E-state index in [4.69, 9.17) is 4.74 Å². The molecule has 0 amide bonds.